The average molecular weight is 350 g/mol. The molecule has 1 amide bonds. The maximum Gasteiger partial charge on any atom is 0.254 e. The van der Waals surface area contributed by atoms with E-state index in [1.54, 1.807) is 12.1 Å². The van der Waals surface area contributed by atoms with Gasteiger partial charge >= 0.3 is 0 Å². The molecule has 23 heavy (non-hydrogen) atoms. The van der Waals surface area contributed by atoms with Crippen molar-refractivity contribution in [3.63, 3.8) is 0 Å². The minimum atomic E-state index is 0.0676. The minimum Gasteiger partial charge on any atom is -0.328 e. The summed E-state index contributed by atoms with van der Waals surface area (Å²) in [5.41, 5.74) is 1.94. The van der Waals surface area contributed by atoms with Crippen LogP contribution in [0.5, 0.6) is 0 Å². The van der Waals surface area contributed by atoms with Gasteiger partial charge in [-0.25, -0.2) is 0 Å². The molecule has 1 saturated heterocycles. The van der Waals surface area contributed by atoms with Crippen LogP contribution in [0.3, 0.4) is 0 Å². The quantitative estimate of drug-likeness (QED) is 0.904. The lowest BCUT2D eigenvalue weighted by Gasteiger charge is -2.32. The van der Waals surface area contributed by atoms with E-state index >= 15 is 0 Å². The summed E-state index contributed by atoms with van der Waals surface area (Å²) >= 11 is 11.9. The molecule has 1 fully saturated rings. The van der Waals surface area contributed by atoms with Gasteiger partial charge < -0.3 is 9.80 Å². The molecule has 0 atom stereocenters. The van der Waals surface area contributed by atoms with Gasteiger partial charge in [0.2, 0.25) is 0 Å². The van der Waals surface area contributed by atoms with Crippen LogP contribution in [0.1, 0.15) is 15.9 Å². The van der Waals surface area contributed by atoms with Gasteiger partial charge in [0.25, 0.3) is 5.91 Å². The van der Waals surface area contributed by atoms with Crippen molar-refractivity contribution in [3.05, 3.63) is 69.7 Å². The van der Waals surface area contributed by atoms with Crippen LogP contribution in [-0.2, 0) is 6.54 Å². The maximum atomic E-state index is 12.5. The number of piperazine rings is 1. The summed E-state index contributed by atoms with van der Waals surface area (Å²) in [6.07, 6.45) is 0. The summed E-state index contributed by atoms with van der Waals surface area (Å²) in [5.74, 6) is 0.0676. The Bertz CT molecular complexity index is 680. The van der Waals surface area contributed by atoms with Gasteiger partial charge in [-0.1, -0.05) is 41.4 Å². The largest absolute Gasteiger partial charge is 0.328 e. The third-order valence-corrected chi connectivity index (χ3v) is 4.68. The highest BCUT2D eigenvalue weighted by Gasteiger charge is 2.24. The van der Waals surface area contributed by atoms with E-state index in [0.29, 0.717) is 10.6 Å². The topological polar surface area (TPSA) is 24.8 Å². The molecule has 1 aliphatic heterocycles. The molecular formula is C18H19Cl2N2O+. The predicted octanol–water partition coefficient (Wildman–Crippen LogP) is 2.53. The Morgan fingerprint density at radius 2 is 1.70 bits per heavy atom. The number of amides is 1. The molecule has 0 aromatic heterocycles. The van der Waals surface area contributed by atoms with Gasteiger partial charge in [-0.2, -0.15) is 0 Å². The molecule has 0 bridgehead atoms. The van der Waals surface area contributed by atoms with Gasteiger partial charge in [-0.15, -0.1) is 0 Å². The van der Waals surface area contributed by atoms with Gasteiger partial charge in [0.1, 0.15) is 6.54 Å². The summed E-state index contributed by atoms with van der Waals surface area (Å²) in [4.78, 5) is 15.9. The van der Waals surface area contributed by atoms with Gasteiger partial charge in [-0.3, -0.25) is 4.79 Å². The van der Waals surface area contributed by atoms with Crippen LogP contribution in [0, 0.1) is 0 Å². The fourth-order valence-electron chi connectivity index (χ4n) is 2.90. The molecule has 3 rings (SSSR count). The predicted molar refractivity (Wildman–Crippen MR) is 93.2 cm³/mol. The fourth-order valence-corrected chi connectivity index (χ4v) is 3.21. The number of carbonyl (C=O) groups excluding carboxylic acids is 1. The van der Waals surface area contributed by atoms with Crippen molar-refractivity contribution in [2.75, 3.05) is 26.2 Å². The van der Waals surface area contributed by atoms with E-state index in [9.17, 15) is 4.79 Å². The SMILES string of the molecule is O=C(c1cccc(Cl)c1)N1CC[NH+](Cc2ccc(Cl)cc2)CC1. The molecule has 0 spiro atoms. The van der Waals surface area contributed by atoms with Crippen molar-refractivity contribution in [2.24, 2.45) is 0 Å². The number of nitrogens with one attached hydrogen (secondary N) is 1. The van der Waals surface area contributed by atoms with E-state index in [-0.39, 0.29) is 5.91 Å². The Morgan fingerprint density at radius 1 is 1.00 bits per heavy atom. The summed E-state index contributed by atoms with van der Waals surface area (Å²) < 4.78 is 0. The second-order valence-corrected chi connectivity index (χ2v) is 6.73. The Hall–Kier alpha value is -1.55. The molecule has 0 unspecified atom stereocenters. The van der Waals surface area contributed by atoms with Crippen molar-refractivity contribution in [3.8, 4) is 0 Å². The van der Waals surface area contributed by atoms with Crippen LogP contribution in [0.4, 0.5) is 0 Å². The lowest BCUT2D eigenvalue weighted by molar-refractivity contribution is -0.917. The van der Waals surface area contributed by atoms with E-state index in [4.69, 9.17) is 23.2 Å². The van der Waals surface area contributed by atoms with Crippen molar-refractivity contribution in [1.82, 2.24) is 4.90 Å². The Balaban J connectivity index is 1.55. The number of halogens is 2. The molecule has 2 aromatic carbocycles. The van der Waals surface area contributed by atoms with Crippen LogP contribution in [0.2, 0.25) is 10.0 Å². The number of benzene rings is 2. The summed E-state index contributed by atoms with van der Waals surface area (Å²) in [6.45, 7) is 4.42. The zero-order valence-electron chi connectivity index (χ0n) is 12.8. The number of hydrogen-bond acceptors (Lipinski definition) is 1. The van der Waals surface area contributed by atoms with Gasteiger partial charge in [-0.05, 0) is 30.3 Å². The van der Waals surface area contributed by atoms with E-state index in [2.05, 4.69) is 12.1 Å². The normalized spacial score (nSPS) is 15.7. The Labute approximate surface area is 146 Å². The first-order valence-corrected chi connectivity index (χ1v) is 8.50. The first kappa shape index (κ1) is 16.3. The summed E-state index contributed by atoms with van der Waals surface area (Å²) in [7, 11) is 0. The summed E-state index contributed by atoms with van der Waals surface area (Å²) in [6, 6.07) is 15.1. The third-order valence-electron chi connectivity index (χ3n) is 4.20. The molecule has 120 valence electrons. The van der Waals surface area contributed by atoms with Gasteiger partial charge in [0.05, 0.1) is 26.2 Å². The number of hydrogen-bond donors (Lipinski definition) is 1. The Kier molecular flexibility index (Phi) is 5.21. The number of carbonyl (C=O) groups is 1. The van der Waals surface area contributed by atoms with Crippen LogP contribution < -0.4 is 4.90 Å². The molecule has 1 N–H and O–H groups in total. The summed E-state index contributed by atoms with van der Waals surface area (Å²) in [5, 5.41) is 1.36. The third kappa shape index (κ3) is 4.25. The number of nitrogens with zero attached hydrogens (tertiary/aromatic N) is 1. The van der Waals surface area contributed by atoms with Crippen LogP contribution in [-0.4, -0.2) is 37.0 Å². The molecule has 5 heteroatoms. The smallest absolute Gasteiger partial charge is 0.254 e. The first-order chi connectivity index (χ1) is 11.1. The van der Waals surface area contributed by atoms with Gasteiger partial charge in [0, 0.05) is 21.2 Å². The van der Waals surface area contributed by atoms with E-state index < -0.39 is 0 Å². The Morgan fingerprint density at radius 3 is 2.35 bits per heavy atom. The maximum absolute atomic E-state index is 12.5. The lowest BCUT2D eigenvalue weighted by Crippen LogP contribution is -3.13. The van der Waals surface area contributed by atoms with Crippen LogP contribution in [0.15, 0.2) is 48.5 Å². The highest BCUT2D eigenvalue weighted by atomic mass is 35.5. The second kappa shape index (κ2) is 7.35. The minimum absolute atomic E-state index is 0.0676. The van der Waals surface area contributed by atoms with Crippen molar-refractivity contribution in [1.29, 1.82) is 0 Å². The molecule has 0 radical (unpaired) electrons. The van der Waals surface area contributed by atoms with Gasteiger partial charge in [0.15, 0.2) is 0 Å². The molecule has 1 heterocycles. The molecule has 1 aliphatic rings. The highest BCUT2D eigenvalue weighted by Crippen LogP contribution is 2.13. The average Bonchev–Trinajstić information content (AvgIpc) is 2.57. The molecule has 2 aromatic rings. The highest BCUT2D eigenvalue weighted by molar-refractivity contribution is 6.31. The molecule has 0 saturated carbocycles. The monoisotopic (exact) mass is 349 g/mol. The fraction of sp³-hybridized carbons (Fsp3) is 0.278. The van der Waals surface area contributed by atoms with Crippen LogP contribution >= 0.6 is 23.2 Å². The van der Waals surface area contributed by atoms with E-state index in [1.165, 1.54) is 10.5 Å². The first-order valence-electron chi connectivity index (χ1n) is 7.75. The molecule has 0 aliphatic carbocycles. The van der Waals surface area contributed by atoms with E-state index in [1.807, 2.05) is 29.2 Å². The number of rotatable bonds is 3. The zero-order valence-corrected chi connectivity index (χ0v) is 14.3. The van der Waals surface area contributed by atoms with Crippen molar-refractivity contribution >= 4 is 29.1 Å². The zero-order chi connectivity index (χ0) is 16.2. The van der Waals surface area contributed by atoms with Crippen molar-refractivity contribution in [2.45, 2.75) is 6.54 Å². The lowest BCUT2D eigenvalue weighted by atomic mass is 10.1. The van der Waals surface area contributed by atoms with Crippen LogP contribution in [0.25, 0.3) is 0 Å². The standard InChI is InChI=1S/C18H18Cl2N2O/c19-16-6-4-14(5-7-16)13-21-8-10-22(11-9-21)18(23)15-2-1-3-17(20)12-15/h1-7,12H,8-11,13H2/p+1. The number of quaternary nitrogens is 1. The molecule has 3 nitrogen and oxygen atoms in total. The second-order valence-electron chi connectivity index (χ2n) is 5.86. The van der Waals surface area contributed by atoms with Crippen molar-refractivity contribution < 1.29 is 9.69 Å². The molecular weight excluding hydrogens is 331 g/mol. The van der Waals surface area contributed by atoms with E-state index in [0.717, 1.165) is 37.7 Å².